The normalized spacial score (nSPS) is 16.6. The smallest absolute Gasteiger partial charge is 0.383 e. The largest absolute Gasteiger partial charge is 0.416 e. The van der Waals surface area contributed by atoms with Crippen LogP contribution in [0, 0.1) is 16.0 Å². The lowest BCUT2D eigenvalue weighted by Crippen LogP contribution is -2.27. The van der Waals surface area contributed by atoms with Crippen molar-refractivity contribution >= 4 is 11.4 Å². The molecule has 2 rings (SSSR count). The van der Waals surface area contributed by atoms with Crippen LogP contribution in [0.25, 0.3) is 0 Å². The molecule has 21 heavy (non-hydrogen) atoms. The molecule has 0 aliphatic heterocycles. The molecule has 1 fully saturated rings. The Kier molecular flexibility index (Phi) is 4.36. The monoisotopic (exact) mass is 304 g/mol. The third-order valence-corrected chi connectivity index (χ3v) is 3.40. The number of hydrogen-bond acceptors (Lipinski definition) is 4. The van der Waals surface area contributed by atoms with Crippen molar-refractivity contribution in [2.24, 2.45) is 5.92 Å². The molecule has 8 heteroatoms. The van der Waals surface area contributed by atoms with E-state index in [0.717, 1.165) is 25.0 Å². The molecular weight excluding hydrogens is 289 g/mol. The highest BCUT2D eigenvalue weighted by molar-refractivity contribution is 5.63. The van der Waals surface area contributed by atoms with E-state index in [0.29, 0.717) is 18.6 Å². The minimum atomic E-state index is -4.61. The number of nitro groups is 1. The van der Waals surface area contributed by atoms with E-state index in [9.17, 15) is 23.3 Å². The molecule has 0 spiro atoms. The fraction of sp³-hybridized carbons (Fsp3) is 0.538. The maximum Gasteiger partial charge on any atom is 0.416 e. The van der Waals surface area contributed by atoms with Crippen molar-refractivity contribution in [3.8, 4) is 0 Å². The van der Waals surface area contributed by atoms with Gasteiger partial charge in [-0.25, -0.2) is 0 Å². The van der Waals surface area contributed by atoms with Gasteiger partial charge in [-0.15, -0.1) is 0 Å². The first-order chi connectivity index (χ1) is 9.82. The standard InChI is InChI=1S/C13H15F3N2O3/c1-21-7-11(8-2-3-8)17-10-5-4-9(13(14,15)16)6-12(10)18(19)20/h4-6,8,11,17H,2-3,7H2,1H3. The third-order valence-electron chi connectivity index (χ3n) is 3.40. The lowest BCUT2D eigenvalue weighted by Gasteiger charge is -2.19. The van der Waals surface area contributed by atoms with Crippen LogP contribution in [0.4, 0.5) is 24.5 Å². The average molecular weight is 304 g/mol. The number of benzene rings is 1. The van der Waals surface area contributed by atoms with E-state index < -0.39 is 22.4 Å². The van der Waals surface area contributed by atoms with Gasteiger partial charge in [-0.05, 0) is 30.9 Å². The number of rotatable bonds is 6. The number of nitrogens with one attached hydrogen (secondary N) is 1. The summed E-state index contributed by atoms with van der Waals surface area (Å²) in [6.45, 7) is 0.350. The van der Waals surface area contributed by atoms with Gasteiger partial charge in [0.1, 0.15) is 5.69 Å². The highest BCUT2D eigenvalue weighted by atomic mass is 19.4. The molecule has 1 atom stereocenters. The second-order valence-electron chi connectivity index (χ2n) is 5.03. The second kappa shape index (κ2) is 5.88. The number of ether oxygens (including phenoxy) is 1. The van der Waals surface area contributed by atoms with Crippen LogP contribution < -0.4 is 5.32 Å². The van der Waals surface area contributed by atoms with E-state index in [-0.39, 0.29) is 11.7 Å². The molecule has 0 saturated heterocycles. The number of anilines is 1. The Bertz CT molecular complexity index is 530. The summed E-state index contributed by atoms with van der Waals surface area (Å²) in [7, 11) is 1.51. The van der Waals surface area contributed by atoms with Crippen LogP contribution >= 0.6 is 0 Å². The van der Waals surface area contributed by atoms with Crippen molar-refractivity contribution in [3.63, 3.8) is 0 Å². The Labute approximate surface area is 119 Å². The first-order valence-electron chi connectivity index (χ1n) is 6.44. The third kappa shape index (κ3) is 3.84. The summed E-state index contributed by atoms with van der Waals surface area (Å²) in [5.74, 6) is 0.340. The number of halogens is 3. The van der Waals surface area contributed by atoms with Crippen molar-refractivity contribution in [1.82, 2.24) is 0 Å². The summed E-state index contributed by atoms with van der Waals surface area (Å²) in [5.41, 5.74) is -1.53. The van der Waals surface area contributed by atoms with E-state index >= 15 is 0 Å². The summed E-state index contributed by atoms with van der Waals surface area (Å²) in [6, 6.07) is 2.36. The van der Waals surface area contributed by atoms with Crippen LogP contribution in [0.5, 0.6) is 0 Å². The zero-order chi connectivity index (χ0) is 15.6. The lowest BCUT2D eigenvalue weighted by molar-refractivity contribution is -0.384. The summed E-state index contributed by atoms with van der Waals surface area (Å²) in [5, 5.41) is 13.9. The summed E-state index contributed by atoms with van der Waals surface area (Å²) in [6.07, 6.45) is -2.64. The highest BCUT2D eigenvalue weighted by Crippen LogP contribution is 2.38. The summed E-state index contributed by atoms with van der Waals surface area (Å²) < 4.78 is 42.9. The maximum atomic E-state index is 12.6. The highest BCUT2D eigenvalue weighted by Gasteiger charge is 2.35. The Morgan fingerprint density at radius 3 is 2.62 bits per heavy atom. The molecule has 0 heterocycles. The lowest BCUT2D eigenvalue weighted by atomic mass is 10.1. The molecule has 0 radical (unpaired) electrons. The molecule has 0 aromatic heterocycles. The van der Waals surface area contributed by atoms with Gasteiger partial charge in [-0.2, -0.15) is 13.2 Å². The second-order valence-corrected chi connectivity index (χ2v) is 5.03. The Morgan fingerprint density at radius 2 is 2.14 bits per heavy atom. The van der Waals surface area contributed by atoms with Crippen LogP contribution in [0.15, 0.2) is 18.2 Å². The summed E-state index contributed by atoms with van der Waals surface area (Å²) >= 11 is 0. The minimum Gasteiger partial charge on any atom is -0.383 e. The molecule has 1 N–H and O–H groups in total. The Balaban J connectivity index is 2.27. The van der Waals surface area contributed by atoms with Gasteiger partial charge in [-0.1, -0.05) is 0 Å². The van der Waals surface area contributed by atoms with E-state index in [2.05, 4.69) is 5.32 Å². The molecule has 5 nitrogen and oxygen atoms in total. The quantitative estimate of drug-likeness (QED) is 0.646. The van der Waals surface area contributed by atoms with Gasteiger partial charge in [0.05, 0.1) is 23.1 Å². The molecule has 1 aromatic carbocycles. The summed E-state index contributed by atoms with van der Waals surface area (Å²) in [4.78, 5) is 10.2. The number of methoxy groups -OCH3 is 1. The van der Waals surface area contributed by atoms with Crippen LogP contribution in [0.1, 0.15) is 18.4 Å². The van der Waals surface area contributed by atoms with E-state index in [1.165, 1.54) is 7.11 Å². The first-order valence-corrected chi connectivity index (χ1v) is 6.44. The van der Waals surface area contributed by atoms with Crippen molar-refractivity contribution in [2.45, 2.75) is 25.1 Å². The zero-order valence-corrected chi connectivity index (χ0v) is 11.3. The van der Waals surface area contributed by atoms with Gasteiger partial charge in [0, 0.05) is 13.2 Å². The molecular formula is C13H15F3N2O3. The van der Waals surface area contributed by atoms with Crippen LogP contribution in [0.3, 0.4) is 0 Å². The van der Waals surface area contributed by atoms with E-state index in [1.54, 1.807) is 0 Å². The van der Waals surface area contributed by atoms with Gasteiger partial charge >= 0.3 is 6.18 Å². The molecule has 1 aromatic rings. The molecule has 1 aliphatic carbocycles. The van der Waals surface area contributed by atoms with Gasteiger partial charge in [0.25, 0.3) is 5.69 Å². The van der Waals surface area contributed by atoms with Crippen molar-refractivity contribution in [2.75, 3.05) is 19.0 Å². The van der Waals surface area contributed by atoms with Gasteiger partial charge in [0.15, 0.2) is 0 Å². The number of nitrogens with zero attached hydrogens (tertiary/aromatic N) is 1. The minimum absolute atomic E-state index is 0.0851. The van der Waals surface area contributed by atoms with Crippen molar-refractivity contribution < 1.29 is 22.8 Å². The van der Waals surface area contributed by atoms with Crippen LogP contribution in [0.2, 0.25) is 0 Å². The fourth-order valence-corrected chi connectivity index (χ4v) is 2.15. The topological polar surface area (TPSA) is 64.4 Å². The maximum absolute atomic E-state index is 12.6. The van der Waals surface area contributed by atoms with Gasteiger partial charge in [-0.3, -0.25) is 10.1 Å². The molecule has 0 bridgehead atoms. The van der Waals surface area contributed by atoms with Crippen molar-refractivity contribution in [1.29, 1.82) is 0 Å². The van der Waals surface area contributed by atoms with Crippen LogP contribution in [-0.4, -0.2) is 24.7 Å². The van der Waals surface area contributed by atoms with Crippen LogP contribution in [-0.2, 0) is 10.9 Å². The van der Waals surface area contributed by atoms with E-state index in [1.807, 2.05) is 0 Å². The fourth-order valence-electron chi connectivity index (χ4n) is 2.15. The number of hydrogen-bond donors (Lipinski definition) is 1. The Hall–Kier alpha value is -1.83. The molecule has 1 unspecified atom stereocenters. The molecule has 0 amide bonds. The Morgan fingerprint density at radius 1 is 1.48 bits per heavy atom. The molecule has 1 saturated carbocycles. The zero-order valence-electron chi connectivity index (χ0n) is 11.3. The van der Waals surface area contributed by atoms with E-state index in [4.69, 9.17) is 4.74 Å². The van der Waals surface area contributed by atoms with Gasteiger partial charge in [0.2, 0.25) is 0 Å². The molecule has 116 valence electrons. The average Bonchev–Trinajstić information content (AvgIpc) is 3.21. The SMILES string of the molecule is COCC(Nc1ccc(C(F)(F)F)cc1[N+](=O)[O-])C1CC1. The predicted molar refractivity (Wildman–Crippen MR) is 70.1 cm³/mol. The molecule has 1 aliphatic rings. The number of nitro benzene ring substituents is 1. The first kappa shape index (κ1) is 15.6. The predicted octanol–water partition coefficient (Wildman–Crippen LogP) is 3.45. The van der Waals surface area contributed by atoms with Gasteiger partial charge < -0.3 is 10.1 Å². The van der Waals surface area contributed by atoms with Crippen molar-refractivity contribution in [3.05, 3.63) is 33.9 Å². The number of alkyl halides is 3.